The third-order valence-corrected chi connectivity index (χ3v) is 3.21. The Balaban J connectivity index is 2.19. The van der Waals surface area contributed by atoms with Crippen molar-refractivity contribution < 1.29 is 19.4 Å². The fourth-order valence-corrected chi connectivity index (χ4v) is 2.00. The third kappa shape index (κ3) is 8.63. The van der Waals surface area contributed by atoms with Crippen LogP contribution in [0.3, 0.4) is 0 Å². The first kappa shape index (κ1) is 18.7. The van der Waals surface area contributed by atoms with Crippen LogP contribution >= 0.6 is 0 Å². The average molecular weight is 320 g/mol. The molecule has 1 amide bonds. The number of hydrogen-bond donors (Lipinski definition) is 3. The van der Waals surface area contributed by atoms with Gasteiger partial charge in [-0.1, -0.05) is 43.0 Å². The number of hydrogen-bond acceptors (Lipinski definition) is 4. The number of carbonyl (C=O) groups excluding carboxylic acids is 1. The van der Waals surface area contributed by atoms with Crippen LogP contribution in [0.25, 0.3) is 0 Å². The Kier molecular flexibility index (Phi) is 9.16. The lowest BCUT2D eigenvalue weighted by atomic mass is 10.1. The number of carboxylic acid groups (broad SMARTS) is 1. The zero-order chi connectivity index (χ0) is 16.9. The molecule has 1 aromatic rings. The maximum absolute atomic E-state index is 11.2. The quantitative estimate of drug-likeness (QED) is 0.430. The Morgan fingerprint density at radius 1 is 1.26 bits per heavy atom. The summed E-state index contributed by atoms with van der Waals surface area (Å²) in [5.74, 6) is -0.862. The topological polar surface area (TPSA) is 87.7 Å². The minimum atomic E-state index is -0.862. The van der Waals surface area contributed by atoms with Crippen molar-refractivity contribution in [2.45, 2.75) is 31.8 Å². The average Bonchev–Trinajstić information content (AvgIpc) is 2.56. The van der Waals surface area contributed by atoms with E-state index in [4.69, 9.17) is 4.74 Å². The fourth-order valence-electron chi connectivity index (χ4n) is 2.00. The molecule has 0 aliphatic rings. The number of rotatable bonds is 11. The van der Waals surface area contributed by atoms with Crippen molar-refractivity contribution in [1.82, 2.24) is 10.6 Å². The zero-order valence-corrected chi connectivity index (χ0v) is 13.2. The predicted octanol–water partition coefficient (Wildman–Crippen LogP) is 2.31. The Labute approximate surface area is 136 Å². The molecule has 1 rings (SSSR count). The highest BCUT2D eigenvalue weighted by Crippen LogP contribution is 2.04. The van der Waals surface area contributed by atoms with Gasteiger partial charge in [0, 0.05) is 13.1 Å². The minimum absolute atomic E-state index is 0.177. The van der Waals surface area contributed by atoms with E-state index in [1.807, 2.05) is 30.3 Å². The normalized spacial score (nSPS) is 11.5. The molecule has 6 heteroatoms. The van der Waals surface area contributed by atoms with Gasteiger partial charge in [-0.2, -0.15) is 0 Å². The molecule has 0 heterocycles. The highest BCUT2D eigenvalue weighted by atomic mass is 16.5. The number of ether oxygens (including phenoxy) is 1. The summed E-state index contributed by atoms with van der Waals surface area (Å²) < 4.78 is 4.77. The van der Waals surface area contributed by atoms with Crippen molar-refractivity contribution in [2.75, 3.05) is 13.2 Å². The van der Waals surface area contributed by atoms with Crippen LogP contribution in [0.2, 0.25) is 0 Å². The lowest BCUT2D eigenvalue weighted by molar-refractivity contribution is -0.139. The number of benzene rings is 1. The largest absolute Gasteiger partial charge is 0.480 e. The van der Waals surface area contributed by atoms with E-state index in [2.05, 4.69) is 17.2 Å². The predicted molar refractivity (Wildman–Crippen MR) is 88.1 cm³/mol. The molecule has 23 heavy (non-hydrogen) atoms. The van der Waals surface area contributed by atoms with Gasteiger partial charge in [0.1, 0.15) is 12.6 Å². The van der Waals surface area contributed by atoms with Crippen LogP contribution in [0, 0.1) is 0 Å². The standard InChI is InChI=1S/C17H24N2O4/c1-2-12-23-17(22)18-11-7-6-10-15(16(20)21)19-13-14-8-4-3-5-9-14/h2-5,8-9,15,19H,1,6-7,10-13H2,(H,18,22)(H,20,21)/t15-/m0/s1. The van der Waals surface area contributed by atoms with E-state index >= 15 is 0 Å². The smallest absolute Gasteiger partial charge is 0.407 e. The first-order valence-electron chi connectivity index (χ1n) is 7.65. The summed E-state index contributed by atoms with van der Waals surface area (Å²) in [5.41, 5.74) is 1.05. The van der Waals surface area contributed by atoms with Crippen LogP contribution in [0.15, 0.2) is 43.0 Å². The molecule has 126 valence electrons. The number of nitrogens with one attached hydrogen (secondary N) is 2. The van der Waals surface area contributed by atoms with E-state index in [9.17, 15) is 14.7 Å². The summed E-state index contributed by atoms with van der Waals surface area (Å²) in [4.78, 5) is 22.4. The first-order chi connectivity index (χ1) is 11.1. The Morgan fingerprint density at radius 2 is 2.00 bits per heavy atom. The molecule has 0 aliphatic heterocycles. The highest BCUT2D eigenvalue weighted by molar-refractivity contribution is 5.73. The van der Waals surface area contributed by atoms with Crippen molar-refractivity contribution in [2.24, 2.45) is 0 Å². The van der Waals surface area contributed by atoms with Crippen LogP contribution < -0.4 is 10.6 Å². The van der Waals surface area contributed by atoms with E-state index in [-0.39, 0.29) is 6.61 Å². The molecule has 0 saturated carbocycles. The van der Waals surface area contributed by atoms with Crippen LogP contribution in [-0.2, 0) is 16.1 Å². The summed E-state index contributed by atoms with van der Waals surface area (Å²) in [6, 6.07) is 9.07. The number of carbonyl (C=O) groups is 2. The second-order valence-corrected chi connectivity index (χ2v) is 5.07. The lowest BCUT2D eigenvalue weighted by Gasteiger charge is -2.14. The van der Waals surface area contributed by atoms with Gasteiger partial charge in [0.15, 0.2) is 0 Å². The summed E-state index contributed by atoms with van der Waals surface area (Å²) in [6.45, 7) is 4.60. The lowest BCUT2D eigenvalue weighted by Crippen LogP contribution is -2.36. The summed E-state index contributed by atoms with van der Waals surface area (Å²) in [6.07, 6.45) is 2.91. The molecule has 0 spiro atoms. The first-order valence-corrected chi connectivity index (χ1v) is 7.65. The second-order valence-electron chi connectivity index (χ2n) is 5.07. The number of unbranched alkanes of at least 4 members (excludes halogenated alkanes) is 1. The van der Waals surface area contributed by atoms with E-state index < -0.39 is 18.1 Å². The van der Waals surface area contributed by atoms with E-state index in [1.54, 1.807) is 0 Å². The molecule has 3 N–H and O–H groups in total. The number of alkyl carbamates (subject to hydrolysis) is 1. The zero-order valence-electron chi connectivity index (χ0n) is 13.2. The molecule has 0 fully saturated rings. The SMILES string of the molecule is C=CCOC(=O)NCCCC[C@H](NCc1ccccc1)C(=O)O. The van der Waals surface area contributed by atoms with Crippen molar-refractivity contribution in [1.29, 1.82) is 0 Å². The number of amides is 1. The minimum Gasteiger partial charge on any atom is -0.480 e. The van der Waals surface area contributed by atoms with Gasteiger partial charge in [-0.05, 0) is 24.8 Å². The van der Waals surface area contributed by atoms with Gasteiger partial charge in [-0.25, -0.2) is 4.79 Å². The monoisotopic (exact) mass is 320 g/mol. The molecule has 0 saturated heterocycles. The van der Waals surface area contributed by atoms with Gasteiger partial charge in [0.05, 0.1) is 0 Å². The molecular formula is C17H24N2O4. The fraction of sp³-hybridized carbons (Fsp3) is 0.412. The molecule has 1 atom stereocenters. The molecule has 0 aromatic heterocycles. The highest BCUT2D eigenvalue weighted by Gasteiger charge is 2.15. The van der Waals surface area contributed by atoms with Gasteiger partial charge >= 0.3 is 12.1 Å². The van der Waals surface area contributed by atoms with Crippen LogP contribution in [-0.4, -0.2) is 36.4 Å². The molecule has 1 aromatic carbocycles. The number of carboxylic acids is 1. The molecule has 0 unspecified atom stereocenters. The Bertz CT molecular complexity index is 491. The van der Waals surface area contributed by atoms with Crippen molar-refractivity contribution in [3.63, 3.8) is 0 Å². The van der Waals surface area contributed by atoms with Crippen molar-refractivity contribution in [3.8, 4) is 0 Å². The number of aliphatic carboxylic acids is 1. The Morgan fingerprint density at radius 3 is 2.65 bits per heavy atom. The molecule has 0 bridgehead atoms. The maximum Gasteiger partial charge on any atom is 0.407 e. The van der Waals surface area contributed by atoms with Gasteiger partial charge in [-0.15, -0.1) is 0 Å². The van der Waals surface area contributed by atoms with Gasteiger partial charge < -0.3 is 20.5 Å². The van der Waals surface area contributed by atoms with E-state index in [0.29, 0.717) is 32.4 Å². The molecule has 6 nitrogen and oxygen atoms in total. The van der Waals surface area contributed by atoms with Crippen molar-refractivity contribution in [3.05, 3.63) is 48.6 Å². The summed E-state index contributed by atoms with van der Waals surface area (Å²) >= 11 is 0. The van der Waals surface area contributed by atoms with Crippen LogP contribution in [0.1, 0.15) is 24.8 Å². The van der Waals surface area contributed by atoms with E-state index in [1.165, 1.54) is 6.08 Å². The second kappa shape index (κ2) is 11.3. The van der Waals surface area contributed by atoms with E-state index in [0.717, 1.165) is 5.56 Å². The van der Waals surface area contributed by atoms with Gasteiger partial charge in [0.25, 0.3) is 0 Å². The Hall–Kier alpha value is -2.34. The molecule has 0 radical (unpaired) electrons. The van der Waals surface area contributed by atoms with Gasteiger partial charge in [-0.3, -0.25) is 4.79 Å². The third-order valence-electron chi connectivity index (χ3n) is 3.21. The molecule has 0 aliphatic carbocycles. The summed E-state index contributed by atoms with van der Waals surface area (Å²) in [7, 11) is 0. The van der Waals surface area contributed by atoms with Crippen molar-refractivity contribution >= 4 is 12.1 Å². The maximum atomic E-state index is 11.2. The molecular weight excluding hydrogens is 296 g/mol. The van der Waals surface area contributed by atoms with Crippen LogP contribution in [0.5, 0.6) is 0 Å². The summed E-state index contributed by atoms with van der Waals surface area (Å²) in [5, 5.41) is 14.9. The van der Waals surface area contributed by atoms with Gasteiger partial charge in [0.2, 0.25) is 0 Å². The van der Waals surface area contributed by atoms with Crippen LogP contribution in [0.4, 0.5) is 4.79 Å².